The lowest BCUT2D eigenvalue weighted by atomic mass is 9.48. The van der Waals surface area contributed by atoms with Crippen molar-refractivity contribution in [2.45, 2.75) is 109 Å². The zero-order valence-corrected chi connectivity index (χ0v) is 79.5. The van der Waals surface area contributed by atoms with E-state index >= 15 is 0 Å². The number of carboxylic acids is 2. The average molecular weight is 2200 g/mol. The maximum absolute atomic E-state index is 13.8. The molecule has 0 radical (unpaired) electrons. The Morgan fingerprint density at radius 2 is 0.621 bits per heavy atom. The molecule has 124 heavy (non-hydrogen) atoms. The number of hydrogen-bond acceptors (Lipinski definition) is 11. The lowest BCUT2D eigenvalue weighted by molar-refractivity contribution is -0.360. The molecular weight excluding hydrogens is 2110 g/mol. The van der Waals surface area contributed by atoms with Crippen molar-refractivity contribution < 1.29 is 66.4 Å². The fourth-order valence-corrected chi connectivity index (χ4v) is 27.4. The van der Waals surface area contributed by atoms with Gasteiger partial charge in [-0.3, -0.25) is 0 Å². The van der Waals surface area contributed by atoms with E-state index in [0.717, 1.165) is 13.6 Å². The number of halogens is 6. The molecule has 12 nitrogen and oxygen atoms in total. The van der Waals surface area contributed by atoms with E-state index in [0.29, 0.717) is 44.7 Å². The zero-order chi connectivity index (χ0) is 88.0. The van der Waals surface area contributed by atoms with Crippen molar-refractivity contribution in [3.8, 4) is 11.5 Å². The van der Waals surface area contributed by atoms with Crippen LogP contribution in [-0.2, 0) is 63.2 Å². The van der Waals surface area contributed by atoms with Gasteiger partial charge in [0.15, 0.2) is 58.7 Å². The summed E-state index contributed by atoms with van der Waals surface area (Å²) >= 11 is 7.68. The van der Waals surface area contributed by atoms with Gasteiger partial charge >= 0.3 is 17.9 Å². The van der Waals surface area contributed by atoms with Gasteiger partial charge in [0.2, 0.25) is 0 Å². The van der Waals surface area contributed by atoms with Crippen LogP contribution in [0.15, 0.2) is 447 Å². The normalized spacial score (nSPS) is 15.8. The summed E-state index contributed by atoms with van der Waals surface area (Å²) in [4.78, 5) is 49.2. The molecule has 0 aromatic heterocycles. The fraction of sp³-hybridized carbons (Fsp3) is 0.139. The number of esters is 1. The van der Waals surface area contributed by atoms with E-state index in [1.807, 2.05) is 90.4 Å². The molecular formula is C101H87F2I4O12S5+. The number of aliphatic hydroxyl groups is 1. The maximum Gasteiger partial charge on any atom is 0.341 e. The van der Waals surface area contributed by atoms with Gasteiger partial charge in [-0.1, -0.05) is 224 Å². The Kier molecular flexibility index (Phi) is 36.8. The van der Waals surface area contributed by atoms with Crippen LogP contribution in [-0.4, -0.2) is 70.1 Å². The second-order valence-electron chi connectivity index (χ2n) is 28.6. The van der Waals surface area contributed by atoms with Crippen molar-refractivity contribution in [1.82, 2.24) is 0 Å². The minimum absolute atomic E-state index is 0.0146. The van der Waals surface area contributed by atoms with Crippen molar-refractivity contribution in [1.29, 1.82) is 0 Å². The number of phenols is 1. The SMILES string of the molecule is O=C(O)c1cc(I)cc(I)c1[O-].O=C(OCCCS(=O)(=O)[O-])c1cc(I)cc(I)c1O.O=C([O-])C(F)(F)C1(O)C2CC3CC(C2)CC1C3.c1ccc([S+](c2ccccc2)c2ccccc2)cc1.c1ccc([S+](c2ccccc2)c2ccccc2)cc1.c1ccc([S+](c2ccccc2)c2ccccc2)cc1.c1ccc([S+](c2ccccc2)c2ccccc2)cc1. The molecule has 0 heterocycles. The third-order valence-corrected chi connectivity index (χ3v) is 32.7. The van der Waals surface area contributed by atoms with E-state index in [2.05, 4.69) is 364 Å². The highest BCUT2D eigenvalue weighted by atomic mass is 127. The number of phenolic OH excluding ortho intramolecular Hbond substituents is 1. The summed E-state index contributed by atoms with van der Waals surface area (Å²) in [6.45, 7) is -0.193. The molecule has 4 saturated carbocycles. The Bertz CT molecular complexity index is 4900. The van der Waals surface area contributed by atoms with Crippen molar-refractivity contribution in [2.24, 2.45) is 23.7 Å². The zero-order valence-electron chi connectivity index (χ0n) is 66.7. The molecule has 0 amide bonds. The third kappa shape index (κ3) is 26.9. The molecule has 14 aromatic carbocycles. The molecule has 0 saturated heterocycles. The van der Waals surface area contributed by atoms with Gasteiger partial charge in [-0.15, -0.1) is 0 Å². The van der Waals surface area contributed by atoms with Crippen LogP contribution in [0.5, 0.6) is 11.5 Å². The van der Waals surface area contributed by atoms with Gasteiger partial charge < -0.3 is 39.6 Å². The van der Waals surface area contributed by atoms with Gasteiger partial charge in [-0.2, -0.15) is 8.78 Å². The van der Waals surface area contributed by atoms with Crippen molar-refractivity contribution >= 4 is 162 Å². The number of rotatable bonds is 20. The van der Waals surface area contributed by atoms with E-state index < -0.39 is 62.9 Å². The Hall–Kier alpha value is -8.86. The molecule has 18 rings (SSSR count). The number of carbonyl (C=O) groups is 3. The highest BCUT2D eigenvalue weighted by molar-refractivity contribution is 14.1. The quantitative estimate of drug-likeness (QED) is 0.0213. The van der Waals surface area contributed by atoms with E-state index in [4.69, 9.17) is 9.84 Å². The van der Waals surface area contributed by atoms with Gasteiger partial charge in [0.1, 0.15) is 22.9 Å². The lowest BCUT2D eigenvalue weighted by Crippen LogP contribution is -2.70. The van der Waals surface area contributed by atoms with Crippen LogP contribution < -0.4 is 10.2 Å². The average Bonchev–Trinajstić information content (AvgIpc) is 0.708. The Labute approximate surface area is 789 Å². The monoisotopic (exact) mass is 2200 g/mol. The number of aromatic hydroxyl groups is 1. The minimum Gasteiger partial charge on any atom is -0.871 e. The van der Waals surface area contributed by atoms with Gasteiger partial charge in [0.25, 0.3) is 0 Å². The highest BCUT2D eigenvalue weighted by Gasteiger charge is 2.68. The van der Waals surface area contributed by atoms with Gasteiger partial charge in [0, 0.05) is 16.5 Å². The molecule has 23 heteroatoms. The van der Waals surface area contributed by atoms with E-state index in [1.165, 1.54) is 70.9 Å². The minimum atomic E-state index is -4.30. The van der Waals surface area contributed by atoms with Crippen LogP contribution in [0, 0.1) is 38.0 Å². The third-order valence-electron chi connectivity index (χ3n) is 20.1. The second kappa shape index (κ2) is 47.6. The van der Waals surface area contributed by atoms with E-state index in [-0.39, 0.29) is 73.5 Å². The molecule has 0 spiro atoms. The van der Waals surface area contributed by atoms with E-state index in [1.54, 1.807) is 12.1 Å². The topological polar surface area (TPSA) is 224 Å². The molecule has 4 aliphatic carbocycles. The number of ether oxygens (including phenoxy) is 1. The Balaban J connectivity index is 0.000000141. The number of aromatic carboxylic acids is 1. The Morgan fingerprint density at radius 3 is 0.839 bits per heavy atom. The molecule has 634 valence electrons. The summed E-state index contributed by atoms with van der Waals surface area (Å²) in [5.74, 6) is -10.0. The van der Waals surface area contributed by atoms with Gasteiger partial charge in [0.05, 0.1) is 69.4 Å². The summed E-state index contributed by atoms with van der Waals surface area (Å²) in [5, 5.41) is 50.4. The van der Waals surface area contributed by atoms with Gasteiger partial charge in [-0.25, -0.2) is 18.0 Å². The van der Waals surface area contributed by atoms with E-state index in [9.17, 15) is 56.6 Å². The maximum atomic E-state index is 13.8. The molecule has 0 unspecified atom stereocenters. The summed E-state index contributed by atoms with van der Waals surface area (Å²) in [6.07, 6.45) is 3.12. The largest absolute Gasteiger partial charge is 0.871 e. The molecule has 0 atom stereocenters. The first-order valence-corrected chi connectivity index (χ1v) is 50.2. The van der Waals surface area contributed by atoms with Crippen LogP contribution in [0.4, 0.5) is 8.78 Å². The standard InChI is InChI=1S/4C18H15S.C12H16F2O3.C10H10I2O6S.C7H4I2O3/c4*1-4-10-16(11-5-1)19(17-12-6-2-7-13-17)18-14-8-3-9-15-18;13-12(14,10(15)16)11(17)8-2-6-1-7(4-8)5-9(11)3-6;11-6-4-7(9(13)8(12)5-6)10(14)18-2-1-3-19(15,16)17;8-3-1-4(7(11)12)6(10)5(9)2-3/h4*1-15H;6-9,17H,1-5H2,(H,15,16);4-5,13H,1-3H2,(H,15,16,17);1-2,10H,(H,11,12)/q4*+1;;;/p-3. The van der Waals surface area contributed by atoms with Crippen LogP contribution in [0.25, 0.3) is 0 Å². The number of carbonyl (C=O) groups excluding carboxylic acids is 2. The first-order valence-electron chi connectivity index (χ1n) is 39.5. The number of benzene rings is 14. The number of alkyl halides is 2. The smallest absolute Gasteiger partial charge is 0.341 e. The number of carboxylic acid groups (broad SMARTS) is 2. The van der Waals surface area contributed by atoms with Crippen LogP contribution >= 0.6 is 90.4 Å². The summed E-state index contributed by atoms with van der Waals surface area (Å²) in [7, 11) is -4.36. The molecule has 0 aliphatic heterocycles. The predicted molar refractivity (Wildman–Crippen MR) is 519 cm³/mol. The van der Waals surface area contributed by atoms with Crippen LogP contribution in [0.3, 0.4) is 0 Å². The van der Waals surface area contributed by atoms with Crippen LogP contribution in [0.2, 0.25) is 0 Å². The molecule has 4 aliphatic rings. The summed E-state index contributed by atoms with van der Waals surface area (Å²) < 4.78 is 65.9. The predicted octanol–water partition coefficient (Wildman–Crippen LogP) is 23.0. The first-order chi connectivity index (χ1) is 59.9. The first kappa shape index (κ1) is 95.8. The molecule has 3 N–H and O–H groups in total. The highest BCUT2D eigenvalue weighted by Crippen LogP contribution is 2.62. The number of hydrogen-bond donors (Lipinski definition) is 3. The number of aliphatic carboxylic acids is 1. The fourth-order valence-electron chi connectivity index (χ4n) is 14.8. The molecule has 14 aromatic rings. The van der Waals surface area contributed by atoms with Crippen molar-refractivity contribution in [2.75, 3.05) is 12.4 Å². The van der Waals surface area contributed by atoms with Crippen molar-refractivity contribution in [3.05, 3.63) is 414 Å². The summed E-state index contributed by atoms with van der Waals surface area (Å²) in [5.41, 5.74) is -2.52. The van der Waals surface area contributed by atoms with Gasteiger partial charge in [-0.05, 0) is 322 Å². The molecule has 4 fully saturated rings. The molecule has 4 bridgehead atoms. The second-order valence-corrected chi connectivity index (χ2v) is 43.0. The van der Waals surface area contributed by atoms with Crippen molar-refractivity contribution in [3.63, 3.8) is 0 Å². The Morgan fingerprint density at radius 1 is 0.395 bits per heavy atom. The lowest BCUT2D eigenvalue weighted by Gasteiger charge is -2.60. The van der Waals surface area contributed by atoms with Crippen LogP contribution in [0.1, 0.15) is 59.2 Å². The summed E-state index contributed by atoms with van der Waals surface area (Å²) in [6, 6.07) is 135.